The lowest BCUT2D eigenvalue weighted by Crippen LogP contribution is -2.41. The summed E-state index contributed by atoms with van der Waals surface area (Å²) in [6.07, 6.45) is 0.900. The molecule has 0 atom stereocenters. The molecule has 1 aliphatic rings. The largest absolute Gasteiger partial charge is 0.489 e. The second kappa shape index (κ2) is 3.14. The van der Waals surface area contributed by atoms with Gasteiger partial charge in [-0.3, -0.25) is 0 Å². The molecule has 74 valence electrons. The first kappa shape index (κ1) is 10.8. The Hall–Kier alpha value is -0.275. The summed E-state index contributed by atoms with van der Waals surface area (Å²) in [6, 6.07) is 0. The highest BCUT2D eigenvalue weighted by Crippen LogP contribution is 2.38. The molecular weight excluding hydrogens is 163 g/mol. The molecule has 0 spiro atoms. The predicted molar refractivity (Wildman–Crippen MR) is 55.5 cm³/mol. The smallest absolute Gasteiger partial charge is 0.400 e. The average molecular weight is 182 g/mol. The number of hydrogen-bond donors (Lipinski definition) is 0. The molecule has 0 aromatic rings. The summed E-state index contributed by atoms with van der Waals surface area (Å²) in [6.45, 7) is 14.2. The Kier molecular flexibility index (Phi) is 2.61. The maximum Gasteiger partial charge on any atom is 0.489 e. The van der Waals surface area contributed by atoms with E-state index in [1.807, 2.05) is 0 Å². The molecule has 0 N–H and O–H groups in total. The van der Waals surface area contributed by atoms with E-state index in [1.54, 1.807) is 0 Å². The molecule has 1 aliphatic heterocycles. The van der Waals surface area contributed by atoms with Crippen molar-refractivity contribution in [2.24, 2.45) is 0 Å². The van der Waals surface area contributed by atoms with Crippen LogP contribution < -0.4 is 0 Å². The minimum absolute atomic E-state index is 0.227. The van der Waals surface area contributed by atoms with Gasteiger partial charge in [0.2, 0.25) is 0 Å². The molecule has 1 saturated heterocycles. The Labute approximate surface area is 81.4 Å². The fourth-order valence-corrected chi connectivity index (χ4v) is 1.18. The van der Waals surface area contributed by atoms with Crippen LogP contribution in [0.3, 0.4) is 0 Å². The van der Waals surface area contributed by atoms with E-state index >= 15 is 0 Å². The zero-order valence-electron chi connectivity index (χ0n) is 9.31. The molecule has 0 aromatic heterocycles. The third-order valence-corrected chi connectivity index (χ3v) is 3.04. The van der Waals surface area contributed by atoms with Gasteiger partial charge in [0.1, 0.15) is 0 Å². The Morgan fingerprint density at radius 2 is 1.54 bits per heavy atom. The van der Waals surface area contributed by atoms with Crippen LogP contribution in [0.5, 0.6) is 0 Å². The number of rotatable bonds is 2. The monoisotopic (exact) mass is 182 g/mol. The minimum atomic E-state index is -0.240. The lowest BCUT2D eigenvalue weighted by molar-refractivity contribution is 0.00578. The maximum absolute atomic E-state index is 5.79. The van der Waals surface area contributed by atoms with Crippen molar-refractivity contribution < 1.29 is 9.31 Å². The van der Waals surface area contributed by atoms with Crippen molar-refractivity contribution >= 4 is 7.12 Å². The van der Waals surface area contributed by atoms with E-state index in [2.05, 4.69) is 41.2 Å². The van der Waals surface area contributed by atoms with Crippen molar-refractivity contribution in [2.75, 3.05) is 0 Å². The summed E-state index contributed by atoms with van der Waals surface area (Å²) >= 11 is 0. The van der Waals surface area contributed by atoms with Crippen molar-refractivity contribution in [2.45, 2.75) is 52.2 Å². The van der Waals surface area contributed by atoms with Crippen LogP contribution in [-0.2, 0) is 9.31 Å². The summed E-state index contributed by atoms with van der Waals surface area (Å²) in [5, 5.41) is 0. The Bertz CT molecular complexity index is 205. The van der Waals surface area contributed by atoms with Gasteiger partial charge in [-0.15, -0.1) is 6.58 Å². The van der Waals surface area contributed by atoms with E-state index in [9.17, 15) is 0 Å². The van der Waals surface area contributed by atoms with Gasteiger partial charge in [-0.05, 0) is 39.6 Å². The van der Waals surface area contributed by atoms with Crippen LogP contribution in [0.4, 0.5) is 0 Å². The van der Waals surface area contributed by atoms with E-state index in [-0.39, 0.29) is 18.3 Å². The highest BCUT2D eigenvalue weighted by Gasteiger charge is 2.51. The molecule has 13 heavy (non-hydrogen) atoms. The van der Waals surface area contributed by atoms with Crippen LogP contribution in [0.15, 0.2) is 12.1 Å². The van der Waals surface area contributed by atoms with Crippen LogP contribution in [0.2, 0.25) is 0 Å². The van der Waals surface area contributed by atoms with E-state index < -0.39 is 0 Å². The van der Waals surface area contributed by atoms with E-state index in [0.717, 1.165) is 11.9 Å². The van der Waals surface area contributed by atoms with Gasteiger partial charge in [0.05, 0.1) is 11.2 Å². The average Bonchev–Trinajstić information content (AvgIpc) is 2.20. The second-order valence-electron chi connectivity index (χ2n) is 4.60. The van der Waals surface area contributed by atoms with Crippen LogP contribution in [0, 0.1) is 0 Å². The lowest BCUT2D eigenvalue weighted by atomic mass is 9.78. The Morgan fingerprint density at radius 3 is 1.85 bits per heavy atom. The standard InChI is InChI=1S/C10H19BO2/c1-7-8(2)11-12-9(3,4)10(5,6)13-11/h2,7H2,1,3-6H3. The van der Waals surface area contributed by atoms with Gasteiger partial charge in [-0.25, -0.2) is 0 Å². The van der Waals surface area contributed by atoms with Gasteiger partial charge in [0.15, 0.2) is 0 Å². The topological polar surface area (TPSA) is 18.5 Å². The molecule has 0 unspecified atom stereocenters. The van der Waals surface area contributed by atoms with Crippen molar-refractivity contribution in [1.82, 2.24) is 0 Å². The molecule has 1 fully saturated rings. The number of hydrogen-bond acceptors (Lipinski definition) is 2. The van der Waals surface area contributed by atoms with Gasteiger partial charge in [0, 0.05) is 0 Å². The second-order valence-corrected chi connectivity index (χ2v) is 4.60. The number of allylic oxidation sites excluding steroid dienone is 1. The van der Waals surface area contributed by atoms with Gasteiger partial charge in [-0.2, -0.15) is 0 Å². The molecule has 3 heteroatoms. The maximum atomic E-state index is 5.79. The highest BCUT2D eigenvalue weighted by atomic mass is 16.7. The van der Waals surface area contributed by atoms with Crippen LogP contribution in [0.1, 0.15) is 41.0 Å². The predicted octanol–water partition coefficient (Wildman–Crippen LogP) is 2.58. The first-order valence-corrected chi connectivity index (χ1v) is 4.83. The molecule has 0 saturated carbocycles. The molecule has 1 rings (SSSR count). The Morgan fingerprint density at radius 1 is 1.15 bits per heavy atom. The summed E-state index contributed by atoms with van der Waals surface area (Å²) in [7, 11) is -0.227. The van der Waals surface area contributed by atoms with Crippen molar-refractivity contribution in [3.05, 3.63) is 12.1 Å². The van der Waals surface area contributed by atoms with Crippen molar-refractivity contribution in [3.63, 3.8) is 0 Å². The van der Waals surface area contributed by atoms with Gasteiger partial charge < -0.3 is 9.31 Å². The van der Waals surface area contributed by atoms with Gasteiger partial charge in [0.25, 0.3) is 0 Å². The lowest BCUT2D eigenvalue weighted by Gasteiger charge is -2.32. The van der Waals surface area contributed by atoms with Crippen LogP contribution >= 0.6 is 0 Å². The summed E-state index contributed by atoms with van der Waals surface area (Å²) in [5.41, 5.74) is 0.532. The SMILES string of the molecule is C=C(CC)B1OC(C)(C)C(C)(C)O1. The summed E-state index contributed by atoms with van der Waals surface area (Å²) in [4.78, 5) is 0. The van der Waals surface area contributed by atoms with E-state index in [4.69, 9.17) is 9.31 Å². The summed E-state index contributed by atoms with van der Waals surface area (Å²) in [5.74, 6) is 0. The third-order valence-electron chi connectivity index (χ3n) is 3.04. The molecule has 2 nitrogen and oxygen atoms in total. The third kappa shape index (κ3) is 1.81. The molecule has 1 heterocycles. The molecule has 0 aromatic carbocycles. The van der Waals surface area contributed by atoms with Crippen LogP contribution in [0.25, 0.3) is 0 Å². The highest BCUT2D eigenvalue weighted by molar-refractivity contribution is 6.54. The molecule has 0 bridgehead atoms. The van der Waals surface area contributed by atoms with E-state index in [0.29, 0.717) is 0 Å². The van der Waals surface area contributed by atoms with Crippen molar-refractivity contribution in [1.29, 1.82) is 0 Å². The minimum Gasteiger partial charge on any atom is -0.400 e. The van der Waals surface area contributed by atoms with Gasteiger partial charge >= 0.3 is 7.12 Å². The quantitative estimate of drug-likeness (QED) is 0.611. The van der Waals surface area contributed by atoms with E-state index in [1.165, 1.54) is 0 Å². The van der Waals surface area contributed by atoms with Gasteiger partial charge in [-0.1, -0.05) is 6.92 Å². The first-order chi connectivity index (χ1) is 5.80. The molecular formula is C10H19BO2. The molecule has 0 amide bonds. The summed E-state index contributed by atoms with van der Waals surface area (Å²) < 4.78 is 11.6. The zero-order valence-corrected chi connectivity index (χ0v) is 9.31. The zero-order chi connectivity index (χ0) is 10.3. The fraction of sp³-hybridized carbons (Fsp3) is 0.800. The van der Waals surface area contributed by atoms with Crippen molar-refractivity contribution in [3.8, 4) is 0 Å². The van der Waals surface area contributed by atoms with Crippen LogP contribution in [-0.4, -0.2) is 18.3 Å². The first-order valence-electron chi connectivity index (χ1n) is 4.83. The Balaban J connectivity index is 2.76. The normalized spacial score (nSPS) is 24.8. The molecule has 0 radical (unpaired) electrons. The molecule has 0 aliphatic carbocycles. The fourth-order valence-electron chi connectivity index (χ4n) is 1.18.